The van der Waals surface area contributed by atoms with Gasteiger partial charge < -0.3 is 5.11 Å². The molecule has 0 aliphatic heterocycles. The van der Waals surface area contributed by atoms with Gasteiger partial charge in [0.2, 0.25) is 0 Å². The number of tetrazole rings is 1. The largest absolute Gasteiger partial charge is 0.481 e. The minimum absolute atomic E-state index is 0.0758. The highest BCUT2D eigenvalue weighted by atomic mass is 16.4. The first kappa shape index (κ1) is 14.9. The van der Waals surface area contributed by atoms with E-state index in [0.29, 0.717) is 11.8 Å². The van der Waals surface area contributed by atoms with Crippen molar-refractivity contribution in [2.75, 3.05) is 0 Å². The molecule has 1 aliphatic carbocycles. The van der Waals surface area contributed by atoms with Crippen LogP contribution in [0.3, 0.4) is 0 Å². The van der Waals surface area contributed by atoms with Gasteiger partial charge in [-0.05, 0) is 42.0 Å². The third-order valence-corrected chi connectivity index (χ3v) is 4.15. The van der Waals surface area contributed by atoms with E-state index in [1.807, 2.05) is 0 Å². The number of carboxylic acids is 1. The van der Waals surface area contributed by atoms with Crippen molar-refractivity contribution in [3.8, 4) is 0 Å². The van der Waals surface area contributed by atoms with E-state index < -0.39 is 5.97 Å². The lowest BCUT2D eigenvalue weighted by Crippen LogP contribution is -2.21. The quantitative estimate of drug-likeness (QED) is 0.752. The number of aromatic nitrogens is 4. The first-order valence-corrected chi connectivity index (χ1v) is 7.66. The Bertz CT molecular complexity index is 442. The first-order valence-electron chi connectivity index (χ1n) is 7.66. The van der Waals surface area contributed by atoms with Crippen molar-refractivity contribution in [2.24, 2.45) is 5.92 Å². The molecule has 20 heavy (non-hydrogen) atoms. The van der Waals surface area contributed by atoms with Gasteiger partial charge >= 0.3 is 5.97 Å². The van der Waals surface area contributed by atoms with Crippen LogP contribution in [0.25, 0.3) is 0 Å². The van der Waals surface area contributed by atoms with Crippen LogP contribution in [0.5, 0.6) is 0 Å². The van der Waals surface area contributed by atoms with Gasteiger partial charge in [-0.2, -0.15) is 0 Å². The lowest BCUT2D eigenvalue weighted by Gasteiger charge is -2.20. The van der Waals surface area contributed by atoms with E-state index in [4.69, 9.17) is 5.11 Å². The zero-order valence-corrected chi connectivity index (χ0v) is 12.3. The second-order valence-corrected chi connectivity index (χ2v) is 5.73. The number of unbranched alkanes of at least 4 members (excludes halogenated alkanes) is 1. The standard InChI is InChI=1S/C14H24N4O2/c1-3-5-6-10(4-2)14-15-16-17-18(14)12(9-13(19)20)11-7-8-11/h10-12H,3-9H2,1-2H3,(H,19,20). The van der Waals surface area contributed by atoms with E-state index >= 15 is 0 Å². The van der Waals surface area contributed by atoms with Crippen molar-refractivity contribution in [1.82, 2.24) is 20.2 Å². The summed E-state index contributed by atoms with van der Waals surface area (Å²) in [6.07, 6.45) is 6.65. The van der Waals surface area contributed by atoms with Gasteiger partial charge in [0.25, 0.3) is 0 Å². The highest BCUT2D eigenvalue weighted by molar-refractivity contribution is 5.67. The van der Waals surface area contributed by atoms with Crippen LogP contribution in [0.1, 0.15) is 76.6 Å². The number of nitrogens with zero attached hydrogens (tertiary/aromatic N) is 4. The molecular weight excluding hydrogens is 256 g/mol. The summed E-state index contributed by atoms with van der Waals surface area (Å²) < 4.78 is 1.80. The molecule has 0 aromatic carbocycles. The summed E-state index contributed by atoms with van der Waals surface area (Å²) in [5.41, 5.74) is 0. The average Bonchev–Trinajstić information content (AvgIpc) is 3.15. The SMILES string of the molecule is CCCCC(CC)c1nnnn1C(CC(=O)O)C1CC1. The van der Waals surface area contributed by atoms with Gasteiger partial charge in [-0.1, -0.05) is 26.7 Å². The van der Waals surface area contributed by atoms with Crippen molar-refractivity contribution in [3.63, 3.8) is 0 Å². The fraction of sp³-hybridized carbons (Fsp3) is 0.857. The van der Waals surface area contributed by atoms with Crippen LogP contribution in [0.15, 0.2) is 0 Å². The summed E-state index contributed by atoms with van der Waals surface area (Å²) in [6.45, 7) is 4.32. The third kappa shape index (κ3) is 3.55. The predicted octanol–water partition coefficient (Wildman–Crippen LogP) is 2.78. The lowest BCUT2D eigenvalue weighted by molar-refractivity contribution is -0.138. The molecular formula is C14H24N4O2. The van der Waals surface area contributed by atoms with Gasteiger partial charge in [0.05, 0.1) is 12.5 Å². The second-order valence-electron chi connectivity index (χ2n) is 5.73. The molecule has 6 heteroatoms. The number of aliphatic carboxylic acids is 1. The first-order chi connectivity index (χ1) is 9.67. The molecule has 2 rings (SSSR count). The molecule has 1 aromatic rings. The number of rotatable bonds is 9. The number of hydrogen-bond acceptors (Lipinski definition) is 4. The second kappa shape index (κ2) is 6.81. The summed E-state index contributed by atoms with van der Waals surface area (Å²) in [5.74, 6) is 0.862. The molecule has 112 valence electrons. The minimum Gasteiger partial charge on any atom is -0.481 e. The highest BCUT2D eigenvalue weighted by Gasteiger charge is 2.37. The van der Waals surface area contributed by atoms with Crippen molar-refractivity contribution in [1.29, 1.82) is 0 Å². The monoisotopic (exact) mass is 280 g/mol. The zero-order valence-electron chi connectivity index (χ0n) is 12.3. The molecule has 1 aliphatic rings. The number of carboxylic acid groups (broad SMARTS) is 1. The zero-order chi connectivity index (χ0) is 14.5. The molecule has 1 heterocycles. The minimum atomic E-state index is -0.773. The van der Waals surface area contributed by atoms with Crippen LogP contribution >= 0.6 is 0 Å². The maximum atomic E-state index is 11.1. The van der Waals surface area contributed by atoms with Gasteiger partial charge in [0.15, 0.2) is 5.82 Å². The maximum absolute atomic E-state index is 11.1. The predicted molar refractivity (Wildman–Crippen MR) is 74.4 cm³/mol. The molecule has 1 saturated carbocycles. The summed E-state index contributed by atoms with van der Waals surface area (Å²) in [7, 11) is 0. The van der Waals surface area contributed by atoms with Crippen molar-refractivity contribution >= 4 is 5.97 Å². The molecule has 2 atom stereocenters. The van der Waals surface area contributed by atoms with Crippen molar-refractivity contribution < 1.29 is 9.90 Å². The summed E-state index contributed by atoms with van der Waals surface area (Å²) in [6, 6.07) is -0.0758. The van der Waals surface area contributed by atoms with E-state index in [2.05, 4.69) is 29.4 Å². The molecule has 0 amide bonds. The fourth-order valence-electron chi connectivity index (χ4n) is 2.78. The van der Waals surface area contributed by atoms with Crippen molar-refractivity contribution in [3.05, 3.63) is 5.82 Å². The summed E-state index contributed by atoms with van der Waals surface area (Å²) in [4.78, 5) is 11.1. The molecule has 0 saturated heterocycles. The van der Waals surface area contributed by atoms with Crippen molar-refractivity contribution in [2.45, 2.75) is 70.8 Å². The van der Waals surface area contributed by atoms with E-state index in [1.54, 1.807) is 4.68 Å². The van der Waals surface area contributed by atoms with E-state index in [1.165, 1.54) is 0 Å². The Hall–Kier alpha value is -1.46. The molecule has 6 nitrogen and oxygen atoms in total. The van der Waals surface area contributed by atoms with Gasteiger partial charge in [-0.15, -0.1) is 5.10 Å². The Balaban J connectivity index is 2.18. The number of hydrogen-bond donors (Lipinski definition) is 1. The normalized spacial score (nSPS) is 17.9. The van der Waals surface area contributed by atoms with Crippen LogP contribution in [0.2, 0.25) is 0 Å². The lowest BCUT2D eigenvalue weighted by atomic mass is 9.97. The molecule has 0 spiro atoms. The molecule has 0 radical (unpaired) electrons. The molecule has 1 fully saturated rings. The highest BCUT2D eigenvalue weighted by Crippen LogP contribution is 2.42. The summed E-state index contributed by atoms with van der Waals surface area (Å²) >= 11 is 0. The molecule has 1 N–H and O–H groups in total. The number of carbonyl (C=O) groups is 1. The van der Waals surface area contributed by atoms with Gasteiger partial charge in [0, 0.05) is 5.92 Å². The van der Waals surface area contributed by atoms with Crippen LogP contribution in [0.4, 0.5) is 0 Å². The van der Waals surface area contributed by atoms with Crippen LogP contribution < -0.4 is 0 Å². The van der Waals surface area contributed by atoms with Gasteiger partial charge in [-0.3, -0.25) is 4.79 Å². The molecule has 2 unspecified atom stereocenters. The Morgan fingerprint density at radius 2 is 2.20 bits per heavy atom. The Kier molecular flexibility index (Phi) is 5.09. The van der Waals surface area contributed by atoms with Gasteiger partial charge in [0.1, 0.15) is 0 Å². The van der Waals surface area contributed by atoms with E-state index in [9.17, 15) is 4.79 Å². The summed E-state index contributed by atoms with van der Waals surface area (Å²) in [5, 5.41) is 21.2. The molecule has 1 aromatic heterocycles. The topological polar surface area (TPSA) is 80.9 Å². The Morgan fingerprint density at radius 1 is 1.45 bits per heavy atom. The Labute approximate surface area is 119 Å². The van der Waals surface area contributed by atoms with Gasteiger partial charge in [-0.25, -0.2) is 4.68 Å². The fourth-order valence-corrected chi connectivity index (χ4v) is 2.78. The van der Waals surface area contributed by atoms with E-state index in [0.717, 1.165) is 44.3 Å². The maximum Gasteiger partial charge on any atom is 0.305 e. The smallest absolute Gasteiger partial charge is 0.305 e. The van der Waals surface area contributed by atoms with Crippen LogP contribution in [0, 0.1) is 5.92 Å². The average molecular weight is 280 g/mol. The van der Waals surface area contributed by atoms with Crippen LogP contribution in [-0.2, 0) is 4.79 Å². The van der Waals surface area contributed by atoms with Crippen LogP contribution in [-0.4, -0.2) is 31.3 Å². The molecule has 0 bridgehead atoms. The van der Waals surface area contributed by atoms with E-state index in [-0.39, 0.29) is 12.5 Å². The Morgan fingerprint density at radius 3 is 2.75 bits per heavy atom. The third-order valence-electron chi connectivity index (χ3n) is 4.15.